The van der Waals surface area contributed by atoms with E-state index in [0.717, 1.165) is 57.8 Å². The van der Waals surface area contributed by atoms with Crippen LogP contribution in [0.15, 0.2) is 24.3 Å². The van der Waals surface area contributed by atoms with Crippen LogP contribution in [0.4, 0.5) is 0 Å². The molecule has 5 N–H and O–H groups in total. The summed E-state index contributed by atoms with van der Waals surface area (Å²) in [7, 11) is 0. The van der Waals surface area contributed by atoms with E-state index in [0.29, 0.717) is 12.8 Å². The van der Waals surface area contributed by atoms with E-state index in [2.05, 4.69) is 43.5 Å². The maximum Gasteiger partial charge on any atom is 0.249 e. The average molecular weight is 652 g/mol. The number of carbonyl (C=O) groups is 1. The number of allylic oxidation sites excluding steroid dienone is 4. The van der Waals surface area contributed by atoms with Crippen LogP contribution >= 0.6 is 0 Å². The Morgan fingerprint density at radius 3 is 1.37 bits per heavy atom. The molecule has 4 atom stereocenters. The first kappa shape index (κ1) is 44.8. The Morgan fingerprint density at radius 1 is 0.543 bits per heavy atom. The number of unbranched alkanes of at least 4 members (excludes halogenated alkanes) is 22. The molecule has 0 bridgehead atoms. The van der Waals surface area contributed by atoms with Crippen molar-refractivity contribution in [3.63, 3.8) is 0 Å². The third-order valence-corrected chi connectivity index (χ3v) is 9.17. The Balaban J connectivity index is 3.74. The van der Waals surface area contributed by atoms with Gasteiger partial charge in [0.25, 0.3) is 0 Å². The van der Waals surface area contributed by atoms with E-state index in [1.165, 1.54) is 109 Å². The fourth-order valence-corrected chi connectivity index (χ4v) is 5.96. The van der Waals surface area contributed by atoms with E-state index in [1.807, 2.05) is 0 Å². The van der Waals surface area contributed by atoms with Crippen LogP contribution in [0.5, 0.6) is 0 Å². The lowest BCUT2D eigenvalue weighted by molar-refractivity contribution is -0.132. The number of carbonyl (C=O) groups excluding carboxylic acids is 1. The molecule has 0 saturated carbocycles. The molecule has 4 unspecified atom stereocenters. The van der Waals surface area contributed by atoms with Crippen molar-refractivity contribution in [2.75, 3.05) is 6.61 Å². The molecule has 0 aromatic rings. The molecule has 46 heavy (non-hydrogen) atoms. The predicted octanol–water partition coefficient (Wildman–Crippen LogP) is 9.62. The molecule has 6 heteroatoms. The second kappa shape index (κ2) is 35.1. The largest absolute Gasteiger partial charge is 0.394 e. The van der Waals surface area contributed by atoms with Gasteiger partial charge in [-0.1, -0.05) is 173 Å². The third-order valence-electron chi connectivity index (χ3n) is 9.17. The van der Waals surface area contributed by atoms with Crippen LogP contribution in [0, 0.1) is 0 Å². The number of aliphatic hydroxyl groups excluding tert-OH is 4. The summed E-state index contributed by atoms with van der Waals surface area (Å²) in [5.41, 5.74) is 0. The highest BCUT2D eigenvalue weighted by molar-refractivity contribution is 5.80. The summed E-state index contributed by atoms with van der Waals surface area (Å²) in [6.07, 6.45) is 37.9. The van der Waals surface area contributed by atoms with E-state index in [4.69, 9.17) is 0 Å². The van der Waals surface area contributed by atoms with Crippen molar-refractivity contribution in [3.05, 3.63) is 24.3 Å². The minimum absolute atomic E-state index is 0.357. The highest BCUT2D eigenvalue weighted by Crippen LogP contribution is 2.15. The number of nitrogens with one attached hydrogen (secondary N) is 1. The zero-order valence-corrected chi connectivity index (χ0v) is 30.3. The van der Waals surface area contributed by atoms with Crippen molar-refractivity contribution >= 4 is 5.91 Å². The molecule has 0 aromatic heterocycles. The number of rotatable bonds is 35. The van der Waals surface area contributed by atoms with Gasteiger partial charge in [0.2, 0.25) is 5.91 Å². The van der Waals surface area contributed by atoms with Gasteiger partial charge in [-0.15, -0.1) is 0 Å². The quantitative estimate of drug-likeness (QED) is 0.0346. The first-order valence-corrected chi connectivity index (χ1v) is 19.7. The van der Waals surface area contributed by atoms with Crippen LogP contribution < -0.4 is 5.32 Å². The standard InChI is InChI=1S/C40H77NO5/c1-3-5-7-9-11-13-14-15-16-17-18-19-20-21-22-23-24-25-26-28-30-32-34-38(44)40(46)41-36(35-42)39(45)37(43)33-31-29-27-12-10-8-6-4-2/h18-19,21-22,36-39,42-45H,3-17,20,23-35H2,1-2H3,(H,41,46)/b19-18-,22-21-. The van der Waals surface area contributed by atoms with E-state index in [9.17, 15) is 25.2 Å². The molecule has 0 aromatic carbocycles. The SMILES string of the molecule is CCCCCCCCCCC/C=C\C/C=C\CCCCCCCCC(O)C(=O)NC(CO)C(O)C(O)CCCCCCCCCC. The second-order valence-electron chi connectivity index (χ2n) is 13.6. The van der Waals surface area contributed by atoms with Crippen molar-refractivity contribution in [1.29, 1.82) is 0 Å². The fourth-order valence-electron chi connectivity index (χ4n) is 5.96. The lowest BCUT2D eigenvalue weighted by Crippen LogP contribution is -2.53. The maximum atomic E-state index is 12.4. The van der Waals surface area contributed by atoms with Crippen molar-refractivity contribution in [2.45, 2.75) is 218 Å². The van der Waals surface area contributed by atoms with Crippen molar-refractivity contribution in [3.8, 4) is 0 Å². The van der Waals surface area contributed by atoms with Gasteiger partial charge in [0.1, 0.15) is 12.2 Å². The summed E-state index contributed by atoms with van der Waals surface area (Å²) < 4.78 is 0. The molecule has 0 aliphatic heterocycles. The van der Waals surface area contributed by atoms with Crippen LogP contribution in [0.1, 0.15) is 194 Å². The van der Waals surface area contributed by atoms with Crippen LogP contribution in [0.2, 0.25) is 0 Å². The monoisotopic (exact) mass is 652 g/mol. The molecule has 0 fully saturated rings. The molecule has 0 spiro atoms. The summed E-state index contributed by atoms with van der Waals surface area (Å²) in [5, 5.41) is 43.3. The van der Waals surface area contributed by atoms with Gasteiger partial charge in [-0.25, -0.2) is 0 Å². The van der Waals surface area contributed by atoms with Crippen LogP contribution in [-0.2, 0) is 4.79 Å². The zero-order valence-electron chi connectivity index (χ0n) is 30.3. The topological polar surface area (TPSA) is 110 Å². The summed E-state index contributed by atoms with van der Waals surface area (Å²) in [6, 6.07) is -0.985. The number of hydrogen-bond donors (Lipinski definition) is 5. The number of aliphatic hydroxyl groups is 4. The van der Waals surface area contributed by atoms with Crippen LogP contribution in [-0.4, -0.2) is 57.3 Å². The molecule has 1 amide bonds. The van der Waals surface area contributed by atoms with Gasteiger partial charge in [-0.3, -0.25) is 4.79 Å². The lowest BCUT2D eigenvalue weighted by Gasteiger charge is -2.27. The number of amides is 1. The van der Waals surface area contributed by atoms with Crippen molar-refractivity contribution in [1.82, 2.24) is 5.32 Å². The molecule has 0 heterocycles. The highest BCUT2D eigenvalue weighted by atomic mass is 16.3. The van der Waals surface area contributed by atoms with E-state index in [-0.39, 0.29) is 0 Å². The Kier molecular flexibility index (Phi) is 34.2. The maximum absolute atomic E-state index is 12.4. The summed E-state index contributed by atoms with van der Waals surface area (Å²) in [6.45, 7) is 3.99. The molecule has 272 valence electrons. The van der Waals surface area contributed by atoms with Gasteiger partial charge in [-0.2, -0.15) is 0 Å². The van der Waals surface area contributed by atoms with Crippen molar-refractivity contribution in [2.24, 2.45) is 0 Å². The molecule has 0 saturated heterocycles. The van der Waals surface area contributed by atoms with Gasteiger partial charge < -0.3 is 25.7 Å². The van der Waals surface area contributed by atoms with Crippen LogP contribution in [0.25, 0.3) is 0 Å². The van der Waals surface area contributed by atoms with E-state index >= 15 is 0 Å². The molecule has 0 aliphatic carbocycles. The number of hydrogen-bond acceptors (Lipinski definition) is 5. The van der Waals surface area contributed by atoms with Crippen molar-refractivity contribution < 1.29 is 25.2 Å². The fraction of sp³-hybridized carbons (Fsp3) is 0.875. The smallest absolute Gasteiger partial charge is 0.249 e. The normalized spacial score (nSPS) is 14.7. The molecule has 0 rings (SSSR count). The first-order valence-electron chi connectivity index (χ1n) is 19.7. The average Bonchev–Trinajstić information content (AvgIpc) is 3.06. The van der Waals surface area contributed by atoms with Gasteiger partial charge in [0, 0.05) is 0 Å². The molecule has 0 aliphatic rings. The molecular weight excluding hydrogens is 574 g/mol. The highest BCUT2D eigenvalue weighted by Gasteiger charge is 2.28. The minimum atomic E-state index is -1.26. The first-order chi connectivity index (χ1) is 22.5. The summed E-state index contributed by atoms with van der Waals surface area (Å²) in [5.74, 6) is -0.595. The Labute approximate surface area is 284 Å². The predicted molar refractivity (Wildman–Crippen MR) is 196 cm³/mol. The summed E-state index contributed by atoms with van der Waals surface area (Å²) in [4.78, 5) is 12.4. The molecule has 0 radical (unpaired) electrons. The zero-order chi connectivity index (χ0) is 33.9. The van der Waals surface area contributed by atoms with Gasteiger partial charge >= 0.3 is 0 Å². The van der Waals surface area contributed by atoms with Crippen LogP contribution in [0.3, 0.4) is 0 Å². The minimum Gasteiger partial charge on any atom is -0.394 e. The van der Waals surface area contributed by atoms with Gasteiger partial charge in [0.15, 0.2) is 0 Å². The van der Waals surface area contributed by atoms with Gasteiger partial charge in [-0.05, 0) is 44.9 Å². The second-order valence-corrected chi connectivity index (χ2v) is 13.6. The van der Waals surface area contributed by atoms with E-state index in [1.54, 1.807) is 0 Å². The molecular formula is C40H77NO5. The van der Waals surface area contributed by atoms with E-state index < -0.39 is 36.9 Å². The van der Waals surface area contributed by atoms with Gasteiger partial charge in [0.05, 0.1) is 18.8 Å². The molecule has 6 nitrogen and oxygen atoms in total. The Hall–Kier alpha value is -1.21. The lowest BCUT2D eigenvalue weighted by atomic mass is 9.99. The Bertz CT molecular complexity index is 697. The Morgan fingerprint density at radius 2 is 0.935 bits per heavy atom. The summed E-state index contributed by atoms with van der Waals surface area (Å²) >= 11 is 0. The third kappa shape index (κ3) is 29.0.